The second-order valence-corrected chi connectivity index (χ2v) is 8.08. The number of nitrogens with one attached hydrogen (secondary N) is 1. The van der Waals surface area contributed by atoms with E-state index in [4.69, 9.17) is 4.98 Å². The highest BCUT2D eigenvalue weighted by atomic mass is 16.2. The van der Waals surface area contributed by atoms with Gasteiger partial charge in [0, 0.05) is 51.8 Å². The van der Waals surface area contributed by atoms with E-state index >= 15 is 0 Å². The quantitative estimate of drug-likeness (QED) is 0.814. The van der Waals surface area contributed by atoms with Crippen LogP contribution in [0.3, 0.4) is 0 Å². The van der Waals surface area contributed by atoms with Crippen LogP contribution >= 0.6 is 0 Å². The van der Waals surface area contributed by atoms with Crippen molar-refractivity contribution in [3.05, 3.63) is 53.3 Å². The molecule has 1 atom stereocenters. The predicted octanol–water partition coefficient (Wildman–Crippen LogP) is 2.20. The number of hydrogen-bond donors (Lipinski definition) is 1. The maximum absolute atomic E-state index is 12.9. The number of carbonyl (C=O) groups is 2. The van der Waals surface area contributed by atoms with E-state index in [1.807, 2.05) is 54.2 Å². The number of anilines is 1. The number of nitrogens with zero attached hydrogens (tertiary/aromatic N) is 4. The van der Waals surface area contributed by atoms with Crippen LogP contribution in [0.25, 0.3) is 0 Å². The van der Waals surface area contributed by atoms with Crippen LogP contribution in [0.2, 0.25) is 0 Å². The summed E-state index contributed by atoms with van der Waals surface area (Å²) in [5.41, 5.74) is 2.27. The zero-order valence-electron chi connectivity index (χ0n) is 17.0. The van der Waals surface area contributed by atoms with Gasteiger partial charge in [-0.3, -0.25) is 9.59 Å². The molecule has 2 amide bonds. The Morgan fingerprint density at radius 1 is 1.17 bits per heavy atom. The van der Waals surface area contributed by atoms with Gasteiger partial charge < -0.3 is 15.1 Å². The van der Waals surface area contributed by atoms with Crippen molar-refractivity contribution in [2.24, 2.45) is 5.92 Å². The fourth-order valence-electron chi connectivity index (χ4n) is 3.73. The molecule has 1 aliphatic carbocycles. The lowest BCUT2D eigenvalue weighted by atomic mass is 9.99. The highest BCUT2D eigenvalue weighted by molar-refractivity contribution is 5.95. The molecular weight excluding hydrogens is 366 g/mol. The molecule has 152 valence electrons. The summed E-state index contributed by atoms with van der Waals surface area (Å²) in [5, 5.41) is 2.98. The number of rotatable bonds is 6. The topological polar surface area (TPSA) is 78.4 Å². The van der Waals surface area contributed by atoms with Gasteiger partial charge in [-0.05, 0) is 24.8 Å². The third-order valence-electron chi connectivity index (χ3n) is 5.56. The molecule has 29 heavy (non-hydrogen) atoms. The number of carbonyl (C=O) groups excluding carboxylic acids is 2. The summed E-state index contributed by atoms with van der Waals surface area (Å²) >= 11 is 0. The molecule has 1 saturated heterocycles. The molecule has 1 aromatic heterocycles. The van der Waals surface area contributed by atoms with Crippen LogP contribution in [0.1, 0.15) is 46.8 Å². The lowest BCUT2D eigenvalue weighted by Crippen LogP contribution is -2.30. The molecule has 2 fully saturated rings. The first-order valence-electron chi connectivity index (χ1n) is 10.2. The molecule has 1 aliphatic heterocycles. The monoisotopic (exact) mass is 393 g/mol. The first kappa shape index (κ1) is 19.4. The Balaban J connectivity index is 1.53. The second-order valence-electron chi connectivity index (χ2n) is 8.08. The summed E-state index contributed by atoms with van der Waals surface area (Å²) in [4.78, 5) is 38.2. The van der Waals surface area contributed by atoms with Crippen LogP contribution < -0.4 is 10.2 Å². The van der Waals surface area contributed by atoms with Gasteiger partial charge in [0.15, 0.2) is 0 Å². The van der Waals surface area contributed by atoms with Gasteiger partial charge in [-0.15, -0.1) is 0 Å². The maximum Gasteiger partial charge on any atom is 0.254 e. The molecular formula is C22H27N5O2. The van der Waals surface area contributed by atoms with Gasteiger partial charge in [-0.25, -0.2) is 9.97 Å². The van der Waals surface area contributed by atoms with Gasteiger partial charge in [0.1, 0.15) is 0 Å². The van der Waals surface area contributed by atoms with E-state index in [0.29, 0.717) is 24.6 Å². The van der Waals surface area contributed by atoms with Crippen molar-refractivity contribution >= 4 is 17.8 Å². The van der Waals surface area contributed by atoms with E-state index < -0.39 is 0 Å². The molecule has 1 unspecified atom stereocenters. The fourth-order valence-corrected chi connectivity index (χ4v) is 3.73. The van der Waals surface area contributed by atoms with Gasteiger partial charge in [0.25, 0.3) is 5.91 Å². The van der Waals surface area contributed by atoms with Crippen molar-refractivity contribution in [3.63, 3.8) is 0 Å². The van der Waals surface area contributed by atoms with E-state index in [9.17, 15) is 9.59 Å². The van der Waals surface area contributed by atoms with E-state index in [0.717, 1.165) is 37.1 Å². The van der Waals surface area contributed by atoms with Crippen LogP contribution in [-0.2, 0) is 11.3 Å². The Morgan fingerprint density at radius 2 is 1.93 bits per heavy atom. The smallest absolute Gasteiger partial charge is 0.254 e. The number of likely N-dealkylation sites (tertiary alicyclic amines) is 1. The Morgan fingerprint density at radius 3 is 2.62 bits per heavy atom. The standard InChI is InChI=1S/C22H27N5O2/c1-26(2)22-24-13-18(20(28)23-12-15-6-4-3-5-7-15)19(25-22)17-10-11-27(14-17)21(29)16-8-9-16/h3-7,13,16-17H,8-12,14H2,1-2H3,(H,23,28). The average molecular weight is 393 g/mol. The molecule has 0 bridgehead atoms. The molecule has 2 aromatic rings. The van der Waals surface area contributed by atoms with E-state index in [2.05, 4.69) is 10.3 Å². The summed E-state index contributed by atoms with van der Waals surface area (Å²) < 4.78 is 0. The Bertz CT molecular complexity index is 895. The maximum atomic E-state index is 12.9. The van der Waals surface area contributed by atoms with E-state index in [1.165, 1.54) is 0 Å². The van der Waals surface area contributed by atoms with Crippen LogP contribution in [0.15, 0.2) is 36.5 Å². The number of amides is 2. The van der Waals surface area contributed by atoms with Gasteiger partial charge in [0.2, 0.25) is 11.9 Å². The molecule has 2 aliphatic rings. The summed E-state index contributed by atoms with van der Waals surface area (Å²) in [6.07, 6.45) is 4.45. The average Bonchev–Trinajstić information content (AvgIpc) is 3.48. The molecule has 0 radical (unpaired) electrons. The highest BCUT2D eigenvalue weighted by Crippen LogP contribution is 2.35. The summed E-state index contributed by atoms with van der Waals surface area (Å²) in [7, 11) is 3.76. The zero-order chi connectivity index (χ0) is 20.4. The molecule has 1 N–H and O–H groups in total. The summed E-state index contributed by atoms with van der Waals surface area (Å²) in [6, 6.07) is 9.81. The minimum absolute atomic E-state index is 0.0527. The molecule has 7 nitrogen and oxygen atoms in total. The van der Waals surface area contributed by atoms with Crippen molar-refractivity contribution in [2.45, 2.75) is 31.7 Å². The third kappa shape index (κ3) is 4.39. The SMILES string of the molecule is CN(C)c1ncc(C(=O)NCc2ccccc2)c(C2CCN(C(=O)C3CC3)C2)n1. The Hall–Kier alpha value is -2.96. The fraction of sp³-hybridized carbons (Fsp3) is 0.455. The molecule has 0 spiro atoms. The zero-order valence-corrected chi connectivity index (χ0v) is 17.0. The minimum atomic E-state index is -0.180. The predicted molar refractivity (Wildman–Crippen MR) is 111 cm³/mol. The van der Waals surface area contributed by atoms with Crippen LogP contribution in [0, 0.1) is 5.92 Å². The van der Waals surface area contributed by atoms with Crippen molar-refractivity contribution in [3.8, 4) is 0 Å². The van der Waals surface area contributed by atoms with Gasteiger partial charge in [-0.1, -0.05) is 30.3 Å². The first-order chi connectivity index (χ1) is 14.0. The highest BCUT2D eigenvalue weighted by Gasteiger charge is 2.38. The van der Waals surface area contributed by atoms with Crippen LogP contribution in [0.4, 0.5) is 5.95 Å². The molecule has 1 saturated carbocycles. The van der Waals surface area contributed by atoms with Crippen molar-refractivity contribution < 1.29 is 9.59 Å². The first-order valence-corrected chi connectivity index (χ1v) is 10.2. The van der Waals surface area contributed by atoms with Gasteiger partial charge in [0.05, 0.1) is 11.3 Å². The van der Waals surface area contributed by atoms with Crippen molar-refractivity contribution in [1.82, 2.24) is 20.2 Å². The lowest BCUT2D eigenvalue weighted by Gasteiger charge is -2.19. The number of benzene rings is 1. The van der Waals surface area contributed by atoms with Crippen LogP contribution in [0.5, 0.6) is 0 Å². The minimum Gasteiger partial charge on any atom is -0.348 e. The van der Waals surface area contributed by atoms with Crippen molar-refractivity contribution in [1.29, 1.82) is 0 Å². The molecule has 1 aromatic carbocycles. The van der Waals surface area contributed by atoms with Gasteiger partial charge >= 0.3 is 0 Å². The third-order valence-corrected chi connectivity index (χ3v) is 5.56. The molecule has 2 heterocycles. The lowest BCUT2D eigenvalue weighted by molar-refractivity contribution is -0.131. The van der Waals surface area contributed by atoms with Crippen molar-refractivity contribution in [2.75, 3.05) is 32.1 Å². The normalized spacial score (nSPS) is 18.6. The Labute approximate surface area is 171 Å². The van der Waals surface area contributed by atoms with E-state index in [1.54, 1.807) is 6.20 Å². The number of aromatic nitrogens is 2. The number of hydrogen-bond acceptors (Lipinski definition) is 5. The van der Waals surface area contributed by atoms with Gasteiger partial charge in [-0.2, -0.15) is 0 Å². The molecule has 4 rings (SSSR count). The summed E-state index contributed by atoms with van der Waals surface area (Å²) in [6.45, 7) is 1.80. The Kier molecular flexibility index (Phi) is 5.47. The van der Waals surface area contributed by atoms with E-state index in [-0.39, 0.29) is 23.7 Å². The van der Waals surface area contributed by atoms with Crippen LogP contribution in [-0.4, -0.2) is 53.9 Å². The molecule has 7 heteroatoms. The largest absolute Gasteiger partial charge is 0.348 e. The summed E-state index contributed by atoms with van der Waals surface area (Å²) in [5.74, 6) is 0.916. The second kappa shape index (κ2) is 8.19.